The lowest BCUT2D eigenvalue weighted by Crippen LogP contribution is -2.18. The van der Waals surface area contributed by atoms with E-state index < -0.39 is 0 Å². The van der Waals surface area contributed by atoms with Gasteiger partial charge < -0.3 is 15.0 Å². The Hall–Kier alpha value is -2.14. The van der Waals surface area contributed by atoms with Gasteiger partial charge in [-0.2, -0.15) is 0 Å². The van der Waals surface area contributed by atoms with Crippen molar-refractivity contribution in [3.63, 3.8) is 0 Å². The highest BCUT2D eigenvalue weighted by atomic mass is 16.5. The number of hydrogen-bond donors (Lipinski definition) is 2. The number of methoxy groups -OCH3 is 1. The third-order valence-corrected chi connectivity index (χ3v) is 2.91. The SMILES string of the molecule is CCNCc1cc(=O)[nH]c(Cc2cccc(OC)c2)n1. The number of hydrogen-bond acceptors (Lipinski definition) is 4. The van der Waals surface area contributed by atoms with E-state index in [-0.39, 0.29) is 5.56 Å². The van der Waals surface area contributed by atoms with Crippen LogP contribution in [0.5, 0.6) is 5.75 Å². The number of aromatic nitrogens is 2. The molecule has 106 valence electrons. The summed E-state index contributed by atoms with van der Waals surface area (Å²) in [7, 11) is 1.64. The van der Waals surface area contributed by atoms with Crippen LogP contribution in [0.25, 0.3) is 0 Å². The molecule has 0 aliphatic heterocycles. The van der Waals surface area contributed by atoms with Crippen molar-refractivity contribution in [1.82, 2.24) is 15.3 Å². The minimum Gasteiger partial charge on any atom is -0.497 e. The average molecular weight is 273 g/mol. The molecule has 1 aromatic carbocycles. The second-order valence-corrected chi connectivity index (χ2v) is 4.49. The van der Waals surface area contributed by atoms with Gasteiger partial charge in [0.1, 0.15) is 11.6 Å². The molecule has 0 spiro atoms. The lowest BCUT2D eigenvalue weighted by atomic mass is 10.1. The summed E-state index contributed by atoms with van der Waals surface area (Å²) in [5, 5.41) is 3.17. The first-order chi connectivity index (χ1) is 9.71. The highest BCUT2D eigenvalue weighted by Gasteiger charge is 2.03. The van der Waals surface area contributed by atoms with Crippen LogP contribution in [-0.4, -0.2) is 23.6 Å². The second kappa shape index (κ2) is 6.86. The van der Waals surface area contributed by atoms with Crippen molar-refractivity contribution in [2.75, 3.05) is 13.7 Å². The summed E-state index contributed by atoms with van der Waals surface area (Å²) in [6, 6.07) is 9.27. The van der Waals surface area contributed by atoms with Crippen molar-refractivity contribution in [1.29, 1.82) is 0 Å². The van der Waals surface area contributed by atoms with Gasteiger partial charge in [-0.05, 0) is 24.2 Å². The molecular weight excluding hydrogens is 254 g/mol. The van der Waals surface area contributed by atoms with Crippen LogP contribution in [0.3, 0.4) is 0 Å². The van der Waals surface area contributed by atoms with E-state index in [2.05, 4.69) is 15.3 Å². The first kappa shape index (κ1) is 14.3. The van der Waals surface area contributed by atoms with Crippen LogP contribution in [0.1, 0.15) is 24.0 Å². The van der Waals surface area contributed by atoms with Gasteiger partial charge in [0.25, 0.3) is 5.56 Å². The zero-order valence-corrected chi connectivity index (χ0v) is 11.8. The Morgan fingerprint density at radius 3 is 2.95 bits per heavy atom. The number of ether oxygens (including phenoxy) is 1. The molecule has 1 heterocycles. The maximum Gasteiger partial charge on any atom is 0.251 e. The van der Waals surface area contributed by atoms with Crippen molar-refractivity contribution in [3.8, 4) is 5.75 Å². The fourth-order valence-electron chi connectivity index (χ4n) is 1.97. The fourth-order valence-corrected chi connectivity index (χ4v) is 1.97. The van der Waals surface area contributed by atoms with Gasteiger partial charge in [-0.15, -0.1) is 0 Å². The van der Waals surface area contributed by atoms with E-state index in [1.807, 2.05) is 31.2 Å². The summed E-state index contributed by atoms with van der Waals surface area (Å²) >= 11 is 0. The summed E-state index contributed by atoms with van der Waals surface area (Å²) in [5.41, 5.74) is 1.69. The van der Waals surface area contributed by atoms with Crippen molar-refractivity contribution in [2.45, 2.75) is 19.9 Å². The Kier molecular flexibility index (Phi) is 4.90. The van der Waals surface area contributed by atoms with Crippen LogP contribution < -0.4 is 15.6 Å². The highest BCUT2D eigenvalue weighted by molar-refractivity contribution is 5.30. The molecule has 2 N–H and O–H groups in total. The maximum absolute atomic E-state index is 11.6. The number of nitrogens with zero attached hydrogens (tertiary/aromatic N) is 1. The zero-order valence-electron chi connectivity index (χ0n) is 11.8. The maximum atomic E-state index is 11.6. The van der Waals surface area contributed by atoms with Crippen molar-refractivity contribution in [2.24, 2.45) is 0 Å². The van der Waals surface area contributed by atoms with E-state index in [0.29, 0.717) is 18.8 Å². The van der Waals surface area contributed by atoms with Crippen LogP contribution in [0.4, 0.5) is 0 Å². The Morgan fingerprint density at radius 1 is 1.35 bits per heavy atom. The molecule has 5 heteroatoms. The molecule has 20 heavy (non-hydrogen) atoms. The lowest BCUT2D eigenvalue weighted by Gasteiger charge is -2.06. The molecule has 0 saturated carbocycles. The van der Waals surface area contributed by atoms with E-state index in [1.54, 1.807) is 7.11 Å². The molecule has 0 aliphatic rings. The van der Waals surface area contributed by atoms with E-state index in [0.717, 1.165) is 23.6 Å². The van der Waals surface area contributed by atoms with E-state index in [4.69, 9.17) is 4.74 Å². The number of H-pyrrole nitrogens is 1. The van der Waals surface area contributed by atoms with Crippen LogP contribution in [-0.2, 0) is 13.0 Å². The molecule has 0 bridgehead atoms. The summed E-state index contributed by atoms with van der Waals surface area (Å²) < 4.78 is 5.19. The standard InChI is InChI=1S/C15H19N3O2/c1-3-16-10-12-9-15(19)18-14(17-12)8-11-5-4-6-13(7-11)20-2/h4-7,9,16H,3,8,10H2,1-2H3,(H,17,18,19). The van der Waals surface area contributed by atoms with Crippen molar-refractivity contribution in [3.05, 3.63) is 57.8 Å². The Labute approximate surface area is 118 Å². The van der Waals surface area contributed by atoms with E-state index >= 15 is 0 Å². The molecule has 0 saturated heterocycles. The molecule has 0 radical (unpaired) electrons. The predicted molar refractivity (Wildman–Crippen MR) is 78.0 cm³/mol. The third-order valence-electron chi connectivity index (χ3n) is 2.91. The Bertz CT molecular complexity index is 623. The first-order valence-electron chi connectivity index (χ1n) is 6.64. The predicted octanol–water partition coefficient (Wildman–Crippen LogP) is 1.48. The molecule has 5 nitrogen and oxygen atoms in total. The lowest BCUT2D eigenvalue weighted by molar-refractivity contribution is 0.414. The minimum absolute atomic E-state index is 0.120. The van der Waals surface area contributed by atoms with Gasteiger partial charge in [-0.3, -0.25) is 4.79 Å². The fraction of sp³-hybridized carbons (Fsp3) is 0.333. The van der Waals surface area contributed by atoms with Gasteiger partial charge in [0.05, 0.1) is 12.8 Å². The second-order valence-electron chi connectivity index (χ2n) is 4.49. The quantitative estimate of drug-likeness (QED) is 0.836. The van der Waals surface area contributed by atoms with Crippen LogP contribution in [0.2, 0.25) is 0 Å². The van der Waals surface area contributed by atoms with Gasteiger partial charge in [-0.1, -0.05) is 19.1 Å². The highest BCUT2D eigenvalue weighted by Crippen LogP contribution is 2.14. The first-order valence-corrected chi connectivity index (χ1v) is 6.64. The molecule has 1 aromatic heterocycles. The molecule has 0 atom stereocenters. The van der Waals surface area contributed by atoms with Crippen LogP contribution in [0, 0.1) is 0 Å². The summed E-state index contributed by atoms with van der Waals surface area (Å²) in [4.78, 5) is 18.9. The molecule has 0 fully saturated rings. The average Bonchev–Trinajstić information content (AvgIpc) is 2.44. The number of aromatic amines is 1. The molecule has 2 aromatic rings. The van der Waals surface area contributed by atoms with Gasteiger partial charge in [0.2, 0.25) is 0 Å². The number of nitrogens with one attached hydrogen (secondary N) is 2. The zero-order chi connectivity index (χ0) is 14.4. The summed E-state index contributed by atoms with van der Waals surface area (Å²) in [6.07, 6.45) is 0.576. The van der Waals surface area contributed by atoms with Gasteiger partial charge in [0, 0.05) is 19.0 Å². The van der Waals surface area contributed by atoms with Gasteiger partial charge in [-0.25, -0.2) is 4.98 Å². The molecule has 0 amide bonds. The van der Waals surface area contributed by atoms with Crippen molar-refractivity contribution < 1.29 is 4.74 Å². The number of benzene rings is 1. The third kappa shape index (κ3) is 3.93. The van der Waals surface area contributed by atoms with Crippen LogP contribution >= 0.6 is 0 Å². The molecule has 0 unspecified atom stereocenters. The van der Waals surface area contributed by atoms with Crippen LogP contribution in [0.15, 0.2) is 35.1 Å². The minimum atomic E-state index is -0.120. The number of rotatable bonds is 6. The Morgan fingerprint density at radius 2 is 2.20 bits per heavy atom. The monoisotopic (exact) mass is 273 g/mol. The summed E-state index contributed by atoms with van der Waals surface area (Å²) in [6.45, 7) is 3.47. The van der Waals surface area contributed by atoms with Gasteiger partial charge in [0.15, 0.2) is 0 Å². The van der Waals surface area contributed by atoms with E-state index in [9.17, 15) is 4.79 Å². The smallest absolute Gasteiger partial charge is 0.251 e. The Balaban J connectivity index is 2.19. The largest absolute Gasteiger partial charge is 0.497 e. The molecule has 0 aliphatic carbocycles. The summed E-state index contributed by atoms with van der Waals surface area (Å²) in [5.74, 6) is 1.47. The molecule has 2 rings (SSSR count). The van der Waals surface area contributed by atoms with Gasteiger partial charge >= 0.3 is 0 Å². The molecular formula is C15H19N3O2. The topological polar surface area (TPSA) is 67.0 Å². The van der Waals surface area contributed by atoms with Crippen molar-refractivity contribution >= 4 is 0 Å². The van der Waals surface area contributed by atoms with E-state index in [1.165, 1.54) is 6.07 Å². The normalized spacial score (nSPS) is 10.5.